The van der Waals surface area contributed by atoms with Gasteiger partial charge in [0.05, 0.1) is 29.4 Å². The molecule has 0 radical (unpaired) electrons. The first kappa shape index (κ1) is 18.3. The molecule has 1 fully saturated rings. The van der Waals surface area contributed by atoms with Gasteiger partial charge < -0.3 is 15.0 Å². The van der Waals surface area contributed by atoms with Gasteiger partial charge in [-0.15, -0.1) is 0 Å². The third kappa shape index (κ3) is 3.84. The van der Waals surface area contributed by atoms with Gasteiger partial charge >= 0.3 is 0 Å². The van der Waals surface area contributed by atoms with Gasteiger partial charge in [-0.05, 0) is 30.3 Å². The average molecular weight is 391 g/mol. The monoisotopic (exact) mass is 390 g/mol. The Labute approximate surface area is 161 Å². The lowest BCUT2D eigenvalue weighted by Gasteiger charge is -2.39. The highest BCUT2D eigenvalue weighted by atomic mass is 35.5. The van der Waals surface area contributed by atoms with Crippen molar-refractivity contribution < 1.29 is 14.3 Å². The summed E-state index contributed by atoms with van der Waals surface area (Å²) >= 11 is 12.1. The Morgan fingerprint density at radius 1 is 1.15 bits per heavy atom. The van der Waals surface area contributed by atoms with Crippen molar-refractivity contribution in [2.24, 2.45) is 0 Å². The summed E-state index contributed by atoms with van der Waals surface area (Å²) in [6, 6.07) is 12.0. The van der Waals surface area contributed by atoms with Gasteiger partial charge in [0.1, 0.15) is 16.9 Å². The minimum atomic E-state index is -0.370. The van der Waals surface area contributed by atoms with E-state index < -0.39 is 0 Å². The number of carbonyl (C=O) groups is 2. The second kappa shape index (κ2) is 7.81. The molecule has 5 nitrogen and oxygen atoms in total. The fourth-order valence-corrected chi connectivity index (χ4v) is 2.90. The van der Waals surface area contributed by atoms with E-state index >= 15 is 0 Å². The number of rotatable bonds is 5. The quantitative estimate of drug-likeness (QED) is 0.784. The highest BCUT2D eigenvalue weighted by molar-refractivity contribution is 6.42. The van der Waals surface area contributed by atoms with E-state index in [4.69, 9.17) is 27.9 Å². The number of benzene rings is 2. The molecule has 134 valence electrons. The van der Waals surface area contributed by atoms with Crippen molar-refractivity contribution >= 4 is 40.7 Å². The number of nitrogens with one attached hydrogen (secondary N) is 1. The fraction of sp³-hybridized carbons (Fsp3) is 0.158. The molecule has 2 aromatic carbocycles. The van der Waals surface area contributed by atoms with Crippen LogP contribution in [0, 0.1) is 0 Å². The summed E-state index contributed by atoms with van der Waals surface area (Å²) in [5.41, 5.74) is 0.867. The van der Waals surface area contributed by atoms with E-state index in [1.54, 1.807) is 47.4 Å². The van der Waals surface area contributed by atoms with Crippen molar-refractivity contribution in [3.8, 4) is 5.75 Å². The molecule has 1 aliphatic heterocycles. The molecule has 1 saturated heterocycles. The molecule has 26 heavy (non-hydrogen) atoms. The Bertz CT molecular complexity index is 864. The van der Waals surface area contributed by atoms with E-state index in [9.17, 15) is 9.59 Å². The molecule has 3 rings (SSSR count). The number of carbonyl (C=O) groups excluding carboxylic acids is 2. The van der Waals surface area contributed by atoms with Crippen molar-refractivity contribution in [1.82, 2.24) is 4.90 Å². The first-order valence-electron chi connectivity index (χ1n) is 7.92. The van der Waals surface area contributed by atoms with Gasteiger partial charge in [-0.3, -0.25) is 9.59 Å². The largest absolute Gasteiger partial charge is 0.485 e. The van der Waals surface area contributed by atoms with E-state index in [2.05, 4.69) is 11.9 Å². The Balaban J connectivity index is 1.64. The van der Waals surface area contributed by atoms with Gasteiger partial charge in [-0.25, -0.2) is 0 Å². The number of hydrogen-bond donors (Lipinski definition) is 1. The minimum absolute atomic E-state index is 0.162. The third-order valence-corrected chi connectivity index (χ3v) is 4.75. The summed E-state index contributed by atoms with van der Waals surface area (Å²) in [7, 11) is 0. The summed E-state index contributed by atoms with van der Waals surface area (Å²) in [5, 5.41) is 3.42. The highest BCUT2D eigenvalue weighted by Gasteiger charge is 2.34. The summed E-state index contributed by atoms with van der Waals surface area (Å²) in [6.45, 7) is 4.26. The van der Waals surface area contributed by atoms with Crippen LogP contribution in [-0.4, -0.2) is 35.9 Å². The van der Waals surface area contributed by atoms with Crippen molar-refractivity contribution in [3.05, 3.63) is 70.7 Å². The first-order chi connectivity index (χ1) is 12.5. The maximum atomic E-state index is 12.7. The zero-order chi connectivity index (χ0) is 18.7. The zero-order valence-corrected chi connectivity index (χ0v) is 15.3. The Morgan fingerprint density at radius 2 is 1.88 bits per heavy atom. The number of anilines is 1. The van der Waals surface area contributed by atoms with E-state index in [0.717, 1.165) is 6.08 Å². The van der Waals surface area contributed by atoms with Gasteiger partial charge in [-0.1, -0.05) is 48.0 Å². The van der Waals surface area contributed by atoms with Crippen LogP contribution in [0.25, 0.3) is 0 Å². The fourth-order valence-electron chi connectivity index (χ4n) is 2.57. The molecular formula is C19H16Cl2N2O3. The predicted octanol–water partition coefficient (Wildman–Crippen LogP) is 4.02. The summed E-state index contributed by atoms with van der Waals surface area (Å²) in [5.74, 6) is -0.0532. The molecule has 1 N–H and O–H groups in total. The number of ether oxygens (including phenoxy) is 1. The molecule has 1 heterocycles. The molecular weight excluding hydrogens is 375 g/mol. The van der Waals surface area contributed by atoms with Crippen molar-refractivity contribution in [2.75, 3.05) is 18.4 Å². The van der Waals surface area contributed by atoms with Crippen LogP contribution in [0.1, 0.15) is 10.4 Å². The van der Waals surface area contributed by atoms with Crippen LogP contribution >= 0.6 is 23.2 Å². The number of likely N-dealkylation sites (tertiary alicyclic amines) is 1. The van der Waals surface area contributed by atoms with E-state index in [0.29, 0.717) is 40.1 Å². The van der Waals surface area contributed by atoms with Crippen LogP contribution in [0.4, 0.5) is 5.69 Å². The van der Waals surface area contributed by atoms with E-state index in [1.807, 2.05) is 0 Å². The zero-order valence-electron chi connectivity index (χ0n) is 13.7. The maximum absolute atomic E-state index is 12.7. The molecule has 0 spiro atoms. The molecule has 0 unspecified atom stereocenters. The maximum Gasteiger partial charge on any atom is 0.256 e. The number of hydrogen-bond acceptors (Lipinski definition) is 3. The summed E-state index contributed by atoms with van der Waals surface area (Å²) in [6.07, 6.45) is 0.994. The van der Waals surface area contributed by atoms with Crippen LogP contribution in [-0.2, 0) is 4.79 Å². The molecule has 2 aromatic rings. The standard InChI is InChI=1S/C19H16Cl2N2O3/c1-2-17(24)22-15-8-4-3-6-13(15)19(25)23-10-12(11-23)26-16-9-5-7-14(20)18(16)21/h2-9,12H,1,10-11H2,(H,22,24). The molecule has 1 aliphatic rings. The van der Waals surface area contributed by atoms with Gasteiger partial charge in [-0.2, -0.15) is 0 Å². The first-order valence-corrected chi connectivity index (χ1v) is 8.67. The number of para-hydroxylation sites is 1. The molecule has 2 amide bonds. The average Bonchev–Trinajstić information content (AvgIpc) is 2.61. The van der Waals surface area contributed by atoms with Crippen LogP contribution in [0.2, 0.25) is 10.0 Å². The number of amides is 2. The van der Waals surface area contributed by atoms with Gasteiger partial charge in [0.15, 0.2) is 0 Å². The van der Waals surface area contributed by atoms with Crippen LogP contribution < -0.4 is 10.1 Å². The molecule has 0 saturated carbocycles. The summed E-state index contributed by atoms with van der Waals surface area (Å²) < 4.78 is 5.80. The van der Waals surface area contributed by atoms with Crippen molar-refractivity contribution in [3.63, 3.8) is 0 Å². The van der Waals surface area contributed by atoms with Crippen molar-refractivity contribution in [1.29, 1.82) is 0 Å². The lowest BCUT2D eigenvalue weighted by molar-refractivity contribution is -0.111. The molecule has 0 atom stereocenters. The lowest BCUT2D eigenvalue weighted by atomic mass is 10.1. The topological polar surface area (TPSA) is 58.6 Å². The van der Waals surface area contributed by atoms with Gasteiger partial charge in [0.25, 0.3) is 5.91 Å². The number of nitrogens with zero attached hydrogens (tertiary/aromatic N) is 1. The predicted molar refractivity (Wildman–Crippen MR) is 102 cm³/mol. The minimum Gasteiger partial charge on any atom is -0.485 e. The van der Waals surface area contributed by atoms with Crippen molar-refractivity contribution in [2.45, 2.75) is 6.10 Å². The third-order valence-electron chi connectivity index (χ3n) is 3.95. The Morgan fingerprint density at radius 3 is 2.62 bits per heavy atom. The van der Waals surface area contributed by atoms with Gasteiger partial charge in [0.2, 0.25) is 5.91 Å². The summed E-state index contributed by atoms with van der Waals surface area (Å²) in [4.78, 5) is 25.9. The molecule has 7 heteroatoms. The lowest BCUT2D eigenvalue weighted by Crippen LogP contribution is -2.56. The molecule has 0 aliphatic carbocycles. The van der Waals surface area contributed by atoms with Gasteiger partial charge in [0, 0.05) is 0 Å². The number of halogens is 2. The Kier molecular flexibility index (Phi) is 5.49. The smallest absolute Gasteiger partial charge is 0.256 e. The van der Waals surface area contributed by atoms with E-state index in [-0.39, 0.29) is 17.9 Å². The molecule has 0 bridgehead atoms. The van der Waals surface area contributed by atoms with E-state index in [1.165, 1.54) is 0 Å². The second-order valence-corrected chi connectivity index (χ2v) is 6.53. The highest BCUT2D eigenvalue weighted by Crippen LogP contribution is 2.33. The SMILES string of the molecule is C=CC(=O)Nc1ccccc1C(=O)N1CC(Oc2cccc(Cl)c2Cl)C1. The van der Waals surface area contributed by atoms with Crippen LogP contribution in [0.15, 0.2) is 55.1 Å². The second-order valence-electron chi connectivity index (χ2n) is 5.74. The van der Waals surface area contributed by atoms with Crippen LogP contribution in [0.3, 0.4) is 0 Å². The molecule has 0 aromatic heterocycles. The van der Waals surface area contributed by atoms with Crippen LogP contribution in [0.5, 0.6) is 5.75 Å². The Hall–Kier alpha value is -2.50. The normalized spacial score (nSPS) is 13.7.